The zero-order chi connectivity index (χ0) is 20.4. The maximum absolute atomic E-state index is 13.1. The predicted octanol–water partition coefficient (Wildman–Crippen LogP) is 1.49. The summed E-state index contributed by atoms with van der Waals surface area (Å²) in [7, 11) is 0. The lowest BCUT2D eigenvalue weighted by Crippen LogP contribution is -2.47. The molecule has 2 unspecified atom stereocenters. The number of hydrogen-bond donors (Lipinski definition) is 0. The molecule has 1 aromatic heterocycles. The van der Waals surface area contributed by atoms with Gasteiger partial charge in [-0.3, -0.25) is 9.59 Å². The highest BCUT2D eigenvalue weighted by molar-refractivity contribution is 5.89. The van der Waals surface area contributed by atoms with Gasteiger partial charge in [0.2, 0.25) is 17.7 Å². The first-order valence-corrected chi connectivity index (χ1v) is 10.6. The zero-order valence-corrected chi connectivity index (χ0v) is 17.3. The fourth-order valence-electron chi connectivity index (χ4n) is 4.65. The second-order valence-electron chi connectivity index (χ2n) is 8.35. The van der Waals surface area contributed by atoms with E-state index in [4.69, 9.17) is 9.47 Å². The molecule has 29 heavy (non-hydrogen) atoms. The van der Waals surface area contributed by atoms with Gasteiger partial charge in [0.05, 0.1) is 12.5 Å². The maximum Gasteiger partial charge on any atom is 0.228 e. The molecule has 0 N–H and O–H groups in total. The van der Waals surface area contributed by atoms with Crippen LogP contribution in [0.2, 0.25) is 0 Å². The van der Waals surface area contributed by atoms with Gasteiger partial charge >= 0.3 is 0 Å². The van der Waals surface area contributed by atoms with Crippen LogP contribution in [-0.4, -0.2) is 76.6 Å². The van der Waals surface area contributed by atoms with Crippen molar-refractivity contribution in [2.24, 2.45) is 5.92 Å². The van der Waals surface area contributed by atoms with Gasteiger partial charge in [0.25, 0.3) is 0 Å². The van der Waals surface area contributed by atoms with Crippen molar-refractivity contribution >= 4 is 11.8 Å². The molecule has 3 fully saturated rings. The fraction of sp³-hybridized carbons (Fsp3) is 0.714. The van der Waals surface area contributed by atoms with E-state index in [9.17, 15) is 9.59 Å². The predicted molar refractivity (Wildman–Crippen MR) is 105 cm³/mol. The summed E-state index contributed by atoms with van der Waals surface area (Å²) in [5, 5.41) is 0. The van der Waals surface area contributed by atoms with Crippen molar-refractivity contribution in [1.82, 2.24) is 19.8 Å². The number of aryl methyl sites for hydroxylation is 2. The Kier molecular flexibility index (Phi) is 5.99. The molecule has 2 atom stereocenters. The van der Waals surface area contributed by atoms with E-state index >= 15 is 0 Å². The van der Waals surface area contributed by atoms with Crippen molar-refractivity contribution < 1.29 is 19.1 Å². The van der Waals surface area contributed by atoms with Crippen LogP contribution in [-0.2, 0) is 14.3 Å². The Balaban J connectivity index is 1.35. The van der Waals surface area contributed by atoms with Gasteiger partial charge in [-0.2, -0.15) is 4.98 Å². The van der Waals surface area contributed by atoms with E-state index in [-0.39, 0.29) is 29.9 Å². The van der Waals surface area contributed by atoms with E-state index in [2.05, 4.69) is 9.97 Å². The zero-order valence-electron chi connectivity index (χ0n) is 17.3. The number of nitrogens with zero attached hydrogens (tertiary/aromatic N) is 4. The Morgan fingerprint density at radius 2 is 1.97 bits per heavy atom. The molecule has 0 aliphatic carbocycles. The van der Waals surface area contributed by atoms with Crippen LogP contribution in [0.4, 0.5) is 0 Å². The lowest BCUT2D eigenvalue weighted by Gasteiger charge is -2.34. The summed E-state index contributed by atoms with van der Waals surface area (Å²) in [4.78, 5) is 38.0. The number of aromatic nitrogens is 2. The number of piperidine rings is 1. The number of likely N-dealkylation sites (tertiary alicyclic amines) is 2. The molecule has 4 heterocycles. The summed E-state index contributed by atoms with van der Waals surface area (Å²) in [6, 6.07) is 2.05. The van der Waals surface area contributed by atoms with Gasteiger partial charge < -0.3 is 19.3 Å². The van der Waals surface area contributed by atoms with Crippen LogP contribution in [0, 0.1) is 19.8 Å². The maximum atomic E-state index is 13.1. The van der Waals surface area contributed by atoms with Crippen molar-refractivity contribution in [2.45, 2.75) is 58.1 Å². The van der Waals surface area contributed by atoms with Gasteiger partial charge in [0.1, 0.15) is 11.9 Å². The second-order valence-corrected chi connectivity index (χ2v) is 8.35. The highest BCUT2D eigenvalue weighted by Gasteiger charge is 2.40. The fourth-order valence-corrected chi connectivity index (χ4v) is 4.65. The summed E-state index contributed by atoms with van der Waals surface area (Å²) < 4.78 is 11.5. The Morgan fingerprint density at radius 3 is 2.72 bits per heavy atom. The summed E-state index contributed by atoms with van der Waals surface area (Å²) in [6.45, 7) is 6.96. The van der Waals surface area contributed by atoms with Gasteiger partial charge in [-0.05, 0) is 39.5 Å². The van der Waals surface area contributed by atoms with E-state index < -0.39 is 0 Å². The van der Waals surface area contributed by atoms with Gasteiger partial charge in [-0.25, -0.2) is 4.98 Å². The van der Waals surface area contributed by atoms with Crippen LogP contribution in [0.3, 0.4) is 0 Å². The minimum atomic E-state index is -0.243. The number of rotatable bonds is 4. The molecule has 0 spiro atoms. The van der Waals surface area contributed by atoms with Crippen LogP contribution in [0.15, 0.2) is 6.07 Å². The van der Waals surface area contributed by atoms with Gasteiger partial charge in [0, 0.05) is 50.5 Å². The van der Waals surface area contributed by atoms with Crippen molar-refractivity contribution in [3.63, 3.8) is 0 Å². The molecule has 8 nitrogen and oxygen atoms in total. The van der Waals surface area contributed by atoms with Crippen molar-refractivity contribution in [3.8, 4) is 5.88 Å². The smallest absolute Gasteiger partial charge is 0.228 e. The van der Waals surface area contributed by atoms with E-state index in [0.717, 1.165) is 37.9 Å². The third kappa shape index (κ3) is 4.69. The van der Waals surface area contributed by atoms with E-state index in [0.29, 0.717) is 44.4 Å². The number of hydrogen-bond acceptors (Lipinski definition) is 6. The summed E-state index contributed by atoms with van der Waals surface area (Å²) in [6.07, 6.45) is 3.76. The van der Waals surface area contributed by atoms with Crippen molar-refractivity contribution in [1.29, 1.82) is 0 Å². The van der Waals surface area contributed by atoms with E-state index in [1.54, 1.807) is 0 Å². The van der Waals surface area contributed by atoms with Crippen molar-refractivity contribution in [2.75, 3.05) is 32.8 Å². The third-order valence-electron chi connectivity index (χ3n) is 6.06. The molecule has 3 saturated heterocycles. The average molecular weight is 402 g/mol. The second kappa shape index (κ2) is 8.65. The molecule has 0 radical (unpaired) electrons. The molecule has 158 valence electrons. The largest absolute Gasteiger partial charge is 0.472 e. The molecule has 2 amide bonds. The third-order valence-corrected chi connectivity index (χ3v) is 6.06. The molecule has 3 aliphatic heterocycles. The highest BCUT2D eigenvalue weighted by Crippen LogP contribution is 2.27. The van der Waals surface area contributed by atoms with Crippen LogP contribution in [0.25, 0.3) is 0 Å². The minimum absolute atomic E-state index is 0.0786. The molecule has 0 saturated carbocycles. The SMILES string of the molecule is Cc1cc(OC2CCCN(C(=O)C3CC(=O)N(C4CCOCC4)C3)C2)nc(C)n1. The Morgan fingerprint density at radius 1 is 1.17 bits per heavy atom. The van der Waals surface area contributed by atoms with Crippen LogP contribution < -0.4 is 4.74 Å². The molecule has 0 bridgehead atoms. The summed E-state index contributed by atoms with van der Waals surface area (Å²) in [5.74, 6) is 1.19. The number of carbonyl (C=O) groups excluding carboxylic acids is 2. The molecule has 3 aliphatic rings. The Bertz CT molecular complexity index is 745. The van der Waals surface area contributed by atoms with Crippen LogP contribution >= 0.6 is 0 Å². The number of ether oxygens (including phenoxy) is 2. The Hall–Kier alpha value is -2.22. The monoisotopic (exact) mass is 402 g/mol. The van der Waals surface area contributed by atoms with Crippen LogP contribution in [0.5, 0.6) is 5.88 Å². The molecular formula is C21H30N4O4. The van der Waals surface area contributed by atoms with Crippen LogP contribution in [0.1, 0.15) is 43.6 Å². The molecule has 0 aromatic carbocycles. The van der Waals surface area contributed by atoms with Crippen molar-refractivity contribution in [3.05, 3.63) is 17.6 Å². The lowest BCUT2D eigenvalue weighted by atomic mass is 10.0. The lowest BCUT2D eigenvalue weighted by molar-refractivity contribution is -0.138. The molecule has 4 rings (SSSR count). The average Bonchev–Trinajstić information content (AvgIpc) is 3.09. The first-order chi connectivity index (χ1) is 14.0. The van der Waals surface area contributed by atoms with Gasteiger partial charge in [-0.15, -0.1) is 0 Å². The summed E-state index contributed by atoms with van der Waals surface area (Å²) in [5.41, 5.74) is 0.869. The highest BCUT2D eigenvalue weighted by atomic mass is 16.5. The van der Waals surface area contributed by atoms with E-state index in [1.165, 1.54) is 0 Å². The quantitative estimate of drug-likeness (QED) is 0.759. The minimum Gasteiger partial charge on any atom is -0.472 e. The number of carbonyl (C=O) groups is 2. The Labute approximate surface area is 171 Å². The molecular weight excluding hydrogens is 372 g/mol. The topological polar surface area (TPSA) is 84.9 Å². The number of amides is 2. The molecule has 1 aromatic rings. The summed E-state index contributed by atoms with van der Waals surface area (Å²) >= 11 is 0. The van der Waals surface area contributed by atoms with Gasteiger partial charge in [0.15, 0.2) is 0 Å². The first kappa shape index (κ1) is 20.1. The first-order valence-electron chi connectivity index (χ1n) is 10.6. The van der Waals surface area contributed by atoms with Gasteiger partial charge in [-0.1, -0.05) is 0 Å². The normalized spacial score (nSPS) is 26.1. The van der Waals surface area contributed by atoms with E-state index in [1.807, 2.05) is 29.7 Å². The standard InChI is InChI=1S/C21H30N4O4/c1-14-10-19(23-15(2)22-14)29-18-4-3-7-24(13-18)21(27)16-11-20(26)25(12-16)17-5-8-28-9-6-17/h10,16-18H,3-9,11-13H2,1-2H3. The molecule has 8 heteroatoms.